The summed E-state index contributed by atoms with van der Waals surface area (Å²) >= 11 is 0. The van der Waals surface area contributed by atoms with Gasteiger partial charge in [0.05, 0.1) is 6.04 Å². The summed E-state index contributed by atoms with van der Waals surface area (Å²) in [5, 5.41) is 0. The van der Waals surface area contributed by atoms with E-state index < -0.39 is 0 Å². The molecule has 3 heterocycles. The fourth-order valence-electron chi connectivity index (χ4n) is 3.70. The van der Waals surface area contributed by atoms with Gasteiger partial charge in [-0.2, -0.15) is 0 Å². The highest BCUT2D eigenvalue weighted by Gasteiger charge is 2.52. The molecular formula is C16H17N3O3. The molecule has 0 radical (unpaired) electrons. The van der Waals surface area contributed by atoms with E-state index in [4.69, 9.17) is 0 Å². The van der Waals surface area contributed by atoms with Crippen LogP contribution in [0.15, 0.2) is 30.3 Å². The average molecular weight is 299 g/mol. The van der Waals surface area contributed by atoms with Crippen molar-refractivity contribution in [2.45, 2.75) is 31.3 Å². The van der Waals surface area contributed by atoms with Crippen LogP contribution >= 0.6 is 0 Å². The van der Waals surface area contributed by atoms with Crippen molar-refractivity contribution in [3.8, 4) is 0 Å². The molecule has 3 saturated heterocycles. The van der Waals surface area contributed by atoms with Gasteiger partial charge in [0.2, 0.25) is 5.91 Å². The highest BCUT2D eigenvalue weighted by molar-refractivity contribution is 6.06. The van der Waals surface area contributed by atoms with Crippen LogP contribution in [0.3, 0.4) is 0 Å². The van der Waals surface area contributed by atoms with Gasteiger partial charge < -0.3 is 9.80 Å². The fraction of sp³-hybridized carbons (Fsp3) is 0.438. The van der Waals surface area contributed by atoms with Gasteiger partial charge in [0.1, 0.15) is 6.04 Å². The van der Waals surface area contributed by atoms with Crippen LogP contribution in [0.5, 0.6) is 0 Å². The first kappa shape index (κ1) is 13.3. The van der Waals surface area contributed by atoms with Crippen molar-refractivity contribution in [2.75, 3.05) is 18.0 Å². The minimum Gasteiger partial charge on any atom is -0.312 e. The fourth-order valence-corrected chi connectivity index (χ4v) is 3.70. The van der Waals surface area contributed by atoms with E-state index in [1.165, 1.54) is 4.90 Å². The van der Waals surface area contributed by atoms with E-state index in [2.05, 4.69) is 0 Å². The molecule has 0 bridgehead atoms. The number of benzene rings is 1. The van der Waals surface area contributed by atoms with E-state index in [1.54, 1.807) is 9.80 Å². The summed E-state index contributed by atoms with van der Waals surface area (Å²) in [5.74, 6) is -0.168. The van der Waals surface area contributed by atoms with Gasteiger partial charge in [-0.25, -0.2) is 4.79 Å². The number of imide groups is 1. The van der Waals surface area contributed by atoms with Crippen LogP contribution in [0.4, 0.5) is 10.5 Å². The Hall–Kier alpha value is -2.37. The molecule has 0 aliphatic carbocycles. The third-order valence-corrected chi connectivity index (χ3v) is 4.76. The number of urea groups is 1. The number of carbonyl (C=O) groups excluding carboxylic acids is 3. The second kappa shape index (κ2) is 4.83. The zero-order valence-corrected chi connectivity index (χ0v) is 12.1. The van der Waals surface area contributed by atoms with Crippen LogP contribution < -0.4 is 4.90 Å². The molecule has 0 aromatic heterocycles. The summed E-state index contributed by atoms with van der Waals surface area (Å²) < 4.78 is 0. The Morgan fingerprint density at radius 3 is 2.55 bits per heavy atom. The molecule has 1 aromatic rings. The Morgan fingerprint density at radius 2 is 1.82 bits per heavy atom. The van der Waals surface area contributed by atoms with E-state index >= 15 is 0 Å². The van der Waals surface area contributed by atoms with E-state index in [1.807, 2.05) is 30.3 Å². The third-order valence-electron chi connectivity index (χ3n) is 4.76. The largest absolute Gasteiger partial charge is 0.327 e. The van der Waals surface area contributed by atoms with Crippen molar-refractivity contribution < 1.29 is 14.4 Å². The molecular weight excluding hydrogens is 282 g/mol. The number of amides is 4. The molecule has 3 fully saturated rings. The zero-order valence-electron chi connectivity index (χ0n) is 12.1. The van der Waals surface area contributed by atoms with Gasteiger partial charge in [0, 0.05) is 25.2 Å². The van der Waals surface area contributed by atoms with Gasteiger partial charge in [-0.3, -0.25) is 14.5 Å². The number of fused-ring (bicyclic) bond motifs is 1. The summed E-state index contributed by atoms with van der Waals surface area (Å²) in [6, 6.07) is 8.50. The van der Waals surface area contributed by atoms with Gasteiger partial charge in [-0.15, -0.1) is 0 Å². The molecule has 6 heteroatoms. The topological polar surface area (TPSA) is 60.9 Å². The molecule has 4 rings (SSSR count). The SMILES string of the molecule is O=C1C[C@@H](N2C(=O)[C@@H]3CCCN3C2=O)CN1c1ccccc1. The maximum Gasteiger partial charge on any atom is 0.327 e. The molecule has 22 heavy (non-hydrogen) atoms. The maximum absolute atomic E-state index is 12.5. The summed E-state index contributed by atoms with van der Waals surface area (Å²) in [7, 11) is 0. The van der Waals surface area contributed by atoms with Crippen LogP contribution in [0.2, 0.25) is 0 Å². The van der Waals surface area contributed by atoms with Crippen LogP contribution in [0.1, 0.15) is 19.3 Å². The highest BCUT2D eigenvalue weighted by Crippen LogP contribution is 2.32. The van der Waals surface area contributed by atoms with Crippen LogP contribution in [0, 0.1) is 0 Å². The molecule has 3 aliphatic rings. The average Bonchev–Trinajstić information content (AvgIpc) is 3.19. The molecule has 114 valence electrons. The number of anilines is 1. The van der Waals surface area contributed by atoms with E-state index in [0.717, 1.165) is 18.5 Å². The van der Waals surface area contributed by atoms with Gasteiger partial charge in [-0.05, 0) is 25.0 Å². The van der Waals surface area contributed by atoms with Crippen molar-refractivity contribution in [3.63, 3.8) is 0 Å². The minimum atomic E-state index is -0.349. The number of nitrogens with zero attached hydrogens (tertiary/aromatic N) is 3. The Balaban J connectivity index is 1.57. The lowest BCUT2D eigenvalue weighted by molar-refractivity contribution is -0.129. The van der Waals surface area contributed by atoms with Crippen molar-refractivity contribution in [1.82, 2.24) is 9.80 Å². The monoisotopic (exact) mass is 299 g/mol. The van der Waals surface area contributed by atoms with Gasteiger partial charge >= 0.3 is 6.03 Å². The molecule has 3 aliphatic heterocycles. The molecule has 4 amide bonds. The smallest absolute Gasteiger partial charge is 0.312 e. The van der Waals surface area contributed by atoms with Gasteiger partial charge in [0.15, 0.2) is 0 Å². The molecule has 0 N–H and O–H groups in total. The van der Waals surface area contributed by atoms with Crippen molar-refractivity contribution in [3.05, 3.63) is 30.3 Å². The summed E-state index contributed by atoms with van der Waals surface area (Å²) in [6.07, 6.45) is 1.84. The summed E-state index contributed by atoms with van der Waals surface area (Å²) in [5.41, 5.74) is 0.814. The van der Waals surface area contributed by atoms with Crippen molar-refractivity contribution in [1.29, 1.82) is 0 Å². The quantitative estimate of drug-likeness (QED) is 0.771. The third kappa shape index (κ3) is 1.83. The van der Waals surface area contributed by atoms with Crippen LogP contribution in [-0.4, -0.2) is 52.8 Å². The number of hydrogen-bond acceptors (Lipinski definition) is 3. The van der Waals surface area contributed by atoms with Gasteiger partial charge in [-0.1, -0.05) is 18.2 Å². The maximum atomic E-state index is 12.5. The molecule has 0 unspecified atom stereocenters. The summed E-state index contributed by atoms with van der Waals surface area (Å²) in [4.78, 5) is 41.8. The lowest BCUT2D eigenvalue weighted by Crippen LogP contribution is -2.43. The summed E-state index contributed by atoms with van der Waals surface area (Å²) in [6.45, 7) is 1.04. The lowest BCUT2D eigenvalue weighted by Gasteiger charge is -2.22. The number of carbonyl (C=O) groups is 3. The highest BCUT2D eigenvalue weighted by atomic mass is 16.2. The zero-order chi connectivity index (χ0) is 15.3. The van der Waals surface area contributed by atoms with Crippen LogP contribution in [0.25, 0.3) is 0 Å². The Kier molecular flexibility index (Phi) is 2.92. The molecule has 1 aromatic carbocycles. The number of hydrogen-bond donors (Lipinski definition) is 0. The Bertz CT molecular complexity index is 623. The van der Waals surface area contributed by atoms with Gasteiger partial charge in [0.25, 0.3) is 5.91 Å². The van der Waals surface area contributed by atoms with E-state index in [-0.39, 0.29) is 36.3 Å². The van der Waals surface area contributed by atoms with E-state index in [0.29, 0.717) is 13.1 Å². The predicted octanol–water partition coefficient (Wildman–Crippen LogP) is 1.22. The van der Waals surface area contributed by atoms with Crippen LogP contribution in [-0.2, 0) is 9.59 Å². The van der Waals surface area contributed by atoms with Crippen molar-refractivity contribution in [2.24, 2.45) is 0 Å². The molecule has 2 atom stereocenters. The second-order valence-corrected chi connectivity index (χ2v) is 6.04. The van der Waals surface area contributed by atoms with Crippen molar-refractivity contribution >= 4 is 23.5 Å². The first-order chi connectivity index (χ1) is 10.7. The standard InChI is InChI=1S/C16H17N3O3/c20-14-9-12(10-18(14)11-5-2-1-3-6-11)19-15(21)13-7-4-8-17(13)16(19)22/h1-3,5-6,12-13H,4,7-10H2/t12-,13+/m1/s1. The normalized spacial score (nSPS) is 28.0. The first-order valence-electron chi connectivity index (χ1n) is 7.66. The number of rotatable bonds is 2. The first-order valence-corrected chi connectivity index (χ1v) is 7.66. The minimum absolute atomic E-state index is 0.0381. The molecule has 0 saturated carbocycles. The lowest BCUT2D eigenvalue weighted by atomic mass is 10.2. The predicted molar refractivity (Wildman–Crippen MR) is 79.2 cm³/mol. The van der Waals surface area contributed by atoms with E-state index in [9.17, 15) is 14.4 Å². The molecule has 0 spiro atoms. The Labute approximate surface area is 128 Å². The second-order valence-electron chi connectivity index (χ2n) is 6.04. The molecule has 6 nitrogen and oxygen atoms in total. The Morgan fingerprint density at radius 1 is 1.05 bits per heavy atom. The number of para-hydroxylation sites is 1.